The summed E-state index contributed by atoms with van der Waals surface area (Å²) in [7, 11) is 0. The Hall–Kier alpha value is -4.50. The molecule has 0 unspecified atom stereocenters. The van der Waals surface area contributed by atoms with Gasteiger partial charge in [0, 0.05) is 22.3 Å². The third-order valence-electron chi connectivity index (χ3n) is 6.69. The van der Waals surface area contributed by atoms with Crippen LogP contribution in [-0.2, 0) is 0 Å². The average Bonchev–Trinajstić information content (AvgIpc) is 3.46. The summed E-state index contributed by atoms with van der Waals surface area (Å²) in [5.74, 6) is -0.349. The predicted molar refractivity (Wildman–Crippen MR) is 137 cm³/mol. The Bertz CT molecular complexity index is 1500. The molecule has 0 fully saturated rings. The number of hydrogen-bond donors (Lipinski definition) is 0. The molecule has 0 aliphatic heterocycles. The van der Waals surface area contributed by atoms with Gasteiger partial charge in [0.2, 0.25) is 0 Å². The van der Waals surface area contributed by atoms with Gasteiger partial charge in [0.25, 0.3) is 0 Å². The molecule has 0 bridgehead atoms. The second kappa shape index (κ2) is 8.69. The Balaban J connectivity index is 1.65. The van der Waals surface area contributed by atoms with Crippen molar-refractivity contribution in [3.63, 3.8) is 0 Å². The van der Waals surface area contributed by atoms with Gasteiger partial charge >= 0.3 is 0 Å². The highest BCUT2D eigenvalue weighted by Gasteiger charge is 2.50. The highest BCUT2D eigenvalue weighted by molar-refractivity contribution is 6.18. The fraction of sp³-hybridized carbons (Fsp3) is 0.0625. The number of benzene rings is 4. The van der Waals surface area contributed by atoms with Crippen molar-refractivity contribution in [3.8, 4) is 22.6 Å². The summed E-state index contributed by atoms with van der Waals surface area (Å²) in [6.07, 6.45) is 0. The zero-order valence-electron chi connectivity index (χ0n) is 18.9. The largest absolute Gasteiger partial charge is 0.455 e. The molecule has 6 rings (SSSR count). The van der Waals surface area contributed by atoms with Crippen molar-refractivity contribution in [2.45, 2.75) is 11.8 Å². The maximum Gasteiger partial charge on any atom is 0.175 e. The lowest BCUT2D eigenvalue weighted by Gasteiger charge is -2.20. The summed E-state index contributed by atoms with van der Waals surface area (Å²) in [5, 5.41) is 0. The number of carbonyl (C=O) groups excluding carboxylic acids is 2. The van der Waals surface area contributed by atoms with Crippen LogP contribution < -0.4 is 0 Å². The van der Waals surface area contributed by atoms with E-state index in [2.05, 4.69) is 0 Å². The highest BCUT2D eigenvalue weighted by Crippen LogP contribution is 2.53. The van der Waals surface area contributed by atoms with Crippen LogP contribution in [0.4, 0.5) is 0 Å². The summed E-state index contributed by atoms with van der Waals surface area (Å²) in [6, 6.07) is 38.2. The second-order valence-corrected chi connectivity index (χ2v) is 8.74. The fourth-order valence-corrected chi connectivity index (χ4v) is 5.12. The van der Waals surface area contributed by atoms with Gasteiger partial charge in [0.05, 0.1) is 17.4 Å². The monoisotopic (exact) mass is 454 g/mol. The third-order valence-corrected chi connectivity index (χ3v) is 6.69. The van der Waals surface area contributed by atoms with E-state index in [4.69, 9.17) is 4.42 Å². The minimum atomic E-state index is -0.682. The van der Waals surface area contributed by atoms with Crippen molar-refractivity contribution >= 4 is 11.6 Å². The molecule has 1 aliphatic carbocycles. The van der Waals surface area contributed by atoms with Gasteiger partial charge in [-0.15, -0.1) is 0 Å². The van der Waals surface area contributed by atoms with Gasteiger partial charge in [-0.2, -0.15) is 0 Å². The van der Waals surface area contributed by atoms with Crippen molar-refractivity contribution in [1.82, 2.24) is 0 Å². The van der Waals surface area contributed by atoms with E-state index < -0.39 is 11.8 Å². The molecular weight excluding hydrogens is 432 g/mol. The number of Topliss-reactive ketones (excluding diaryl/α,β-unsaturated/α-hetero) is 2. The Morgan fingerprint density at radius 3 is 1.66 bits per heavy atom. The van der Waals surface area contributed by atoms with Crippen LogP contribution in [0.2, 0.25) is 0 Å². The van der Waals surface area contributed by atoms with E-state index in [0.717, 1.165) is 16.7 Å². The van der Waals surface area contributed by atoms with E-state index in [1.807, 2.05) is 121 Å². The topological polar surface area (TPSA) is 47.3 Å². The summed E-state index contributed by atoms with van der Waals surface area (Å²) in [6.45, 7) is 0. The average molecular weight is 455 g/mol. The van der Waals surface area contributed by atoms with E-state index in [1.54, 1.807) is 0 Å². The fourth-order valence-electron chi connectivity index (χ4n) is 5.12. The first kappa shape index (κ1) is 21.1. The Kier molecular flexibility index (Phi) is 5.23. The lowest BCUT2D eigenvalue weighted by Crippen LogP contribution is -2.20. The van der Waals surface area contributed by atoms with Gasteiger partial charge in [-0.05, 0) is 5.56 Å². The Labute approximate surface area is 203 Å². The molecule has 1 aromatic heterocycles. The Morgan fingerprint density at radius 1 is 0.600 bits per heavy atom. The van der Waals surface area contributed by atoms with Crippen LogP contribution in [0.3, 0.4) is 0 Å². The lowest BCUT2D eigenvalue weighted by atomic mass is 9.80. The summed E-state index contributed by atoms with van der Waals surface area (Å²) in [4.78, 5) is 28.2. The van der Waals surface area contributed by atoms with Crippen molar-refractivity contribution in [1.29, 1.82) is 0 Å². The number of rotatable bonds is 5. The van der Waals surface area contributed by atoms with E-state index in [0.29, 0.717) is 28.2 Å². The minimum Gasteiger partial charge on any atom is -0.455 e. The normalized spacial score (nSPS) is 16.7. The zero-order valence-corrected chi connectivity index (χ0v) is 18.9. The standard InChI is InChI=1S/C32H22O3/c33-29(22-15-7-2-8-16-22)26-25(21-13-5-1-6-14-21)30(34)28-27(26)31(23-17-9-3-10-18-23)35-32(28)24-19-11-4-12-20-24/h1-20,25-26H/t25-,26-/m0/s1. The van der Waals surface area contributed by atoms with Gasteiger partial charge in [-0.25, -0.2) is 0 Å². The van der Waals surface area contributed by atoms with E-state index in [1.165, 1.54) is 0 Å². The van der Waals surface area contributed by atoms with Crippen molar-refractivity contribution in [2.24, 2.45) is 0 Å². The number of hydrogen-bond acceptors (Lipinski definition) is 3. The predicted octanol–water partition coefficient (Wildman–Crippen LogP) is 7.56. The second-order valence-electron chi connectivity index (χ2n) is 8.74. The van der Waals surface area contributed by atoms with Crippen LogP contribution in [0.5, 0.6) is 0 Å². The molecule has 5 aromatic rings. The third kappa shape index (κ3) is 3.53. The summed E-state index contributed by atoms with van der Waals surface area (Å²) >= 11 is 0. The molecule has 0 spiro atoms. The smallest absolute Gasteiger partial charge is 0.175 e. The van der Waals surface area contributed by atoms with Crippen LogP contribution in [0, 0.1) is 0 Å². The van der Waals surface area contributed by atoms with E-state index >= 15 is 0 Å². The summed E-state index contributed by atoms with van der Waals surface area (Å²) < 4.78 is 6.46. The van der Waals surface area contributed by atoms with Gasteiger partial charge in [-0.1, -0.05) is 121 Å². The van der Waals surface area contributed by atoms with Crippen molar-refractivity contribution in [2.75, 3.05) is 0 Å². The summed E-state index contributed by atoms with van der Waals surface area (Å²) in [5.41, 5.74) is 4.28. The van der Waals surface area contributed by atoms with Gasteiger partial charge < -0.3 is 4.42 Å². The zero-order chi connectivity index (χ0) is 23.8. The SMILES string of the molecule is O=C(c1ccccc1)[C@@H]1c2c(-c3ccccc3)oc(-c3ccccc3)c2C(=O)[C@H]1c1ccccc1. The maximum atomic E-state index is 14.2. The van der Waals surface area contributed by atoms with Crippen molar-refractivity contribution < 1.29 is 14.0 Å². The van der Waals surface area contributed by atoms with Crippen LogP contribution in [0.15, 0.2) is 126 Å². The number of carbonyl (C=O) groups is 2. The minimum absolute atomic E-state index is 0.0785. The molecule has 4 aromatic carbocycles. The molecular formula is C32H22O3. The molecule has 0 N–H and O–H groups in total. The first-order valence-corrected chi connectivity index (χ1v) is 11.7. The molecule has 0 amide bonds. The molecule has 0 radical (unpaired) electrons. The first-order chi connectivity index (χ1) is 17.2. The van der Waals surface area contributed by atoms with Gasteiger partial charge in [0.15, 0.2) is 11.6 Å². The number of furan rings is 1. The van der Waals surface area contributed by atoms with Crippen LogP contribution >= 0.6 is 0 Å². The van der Waals surface area contributed by atoms with Gasteiger partial charge in [0.1, 0.15) is 11.5 Å². The van der Waals surface area contributed by atoms with Crippen LogP contribution in [0.1, 0.15) is 43.7 Å². The van der Waals surface area contributed by atoms with Crippen LogP contribution in [0.25, 0.3) is 22.6 Å². The van der Waals surface area contributed by atoms with Crippen molar-refractivity contribution in [3.05, 3.63) is 144 Å². The maximum absolute atomic E-state index is 14.2. The quantitative estimate of drug-likeness (QED) is 0.257. The molecule has 2 atom stereocenters. The molecule has 3 nitrogen and oxygen atoms in total. The van der Waals surface area contributed by atoms with E-state index in [-0.39, 0.29) is 11.6 Å². The number of fused-ring (bicyclic) bond motifs is 1. The molecule has 35 heavy (non-hydrogen) atoms. The molecule has 0 saturated heterocycles. The molecule has 0 saturated carbocycles. The lowest BCUT2D eigenvalue weighted by molar-refractivity contribution is 0.0889. The van der Waals surface area contributed by atoms with E-state index in [9.17, 15) is 9.59 Å². The van der Waals surface area contributed by atoms with Gasteiger partial charge in [-0.3, -0.25) is 9.59 Å². The number of ketones is 2. The molecule has 1 heterocycles. The highest BCUT2D eigenvalue weighted by atomic mass is 16.3. The molecule has 168 valence electrons. The Morgan fingerprint density at radius 2 is 1.09 bits per heavy atom. The first-order valence-electron chi connectivity index (χ1n) is 11.7. The van der Waals surface area contributed by atoms with Crippen LogP contribution in [-0.4, -0.2) is 11.6 Å². The molecule has 1 aliphatic rings. The molecule has 3 heteroatoms.